The third-order valence-electron chi connectivity index (χ3n) is 7.05. The molecule has 1 aliphatic rings. The van der Waals surface area contributed by atoms with E-state index in [-0.39, 0.29) is 29.6 Å². The fourth-order valence-corrected chi connectivity index (χ4v) is 5.35. The molecule has 41 heavy (non-hydrogen) atoms. The molecule has 12 heteroatoms. The Hall–Kier alpha value is -3.54. The highest BCUT2D eigenvalue weighted by atomic mass is 19.1. The first kappa shape index (κ1) is 30.4. The maximum atomic E-state index is 15.1. The van der Waals surface area contributed by atoms with Crippen LogP contribution >= 0.6 is 0 Å². The number of fused-ring (bicyclic) bond motifs is 1. The van der Waals surface area contributed by atoms with Crippen LogP contribution in [0.2, 0.25) is 0 Å². The number of aromatic amines is 1. The number of ether oxygens (including phenoxy) is 2. The first-order valence-electron chi connectivity index (χ1n) is 14.3. The molecule has 1 fully saturated rings. The molecular formula is C29H42FN7O4. The van der Waals surface area contributed by atoms with Gasteiger partial charge in [-0.2, -0.15) is 0 Å². The molecule has 2 aromatic heterocycles. The number of benzene rings is 1. The summed E-state index contributed by atoms with van der Waals surface area (Å²) >= 11 is 0. The summed E-state index contributed by atoms with van der Waals surface area (Å²) in [5, 5.41) is 8.15. The molecule has 2 amide bonds. The van der Waals surface area contributed by atoms with Gasteiger partial charge in [-0.25, -0.2) is 14.2 Å². The number of methoxy groups -OCH3 is 1. The number of unbranched alkanes of at least 4 members (excludes halogenated alkanes) is 1. The van der Waals surface area contributed by atoms with E-state index in [1.807, 2.05) is 34.6 Å². The second-order valence-electron chi connectivity index (χ2n) is 12.1. The average Bonchev–Trinajstić information content (AvgIpc) is 3.57. The minimum absolute atomic E-state index is 0.135. The minimum Gasteiger partial charge on any atom is -0.444 e. The Bertz CT molecular complexity index is 1320. The topological polar surface area (TPSA) is 118 Å². The number of aryl methyl sites for hydroxylation is 1. The van der Waals surface area contributed by atoms with Gasteiger partial charge in [-0.15, -0.1) is 10.2 Å². The Balaban J connectivity index is 1.71. The molecule has 11 nitrogen and oxygen atoms in total. The van der Waals surface area contributed by atoms with Gasteiger partial charge in [0.25, 0.3) is 5.91 Å². The molecule has 224 valence electrons. The van der Waals surface area contributed by atoms with E-state index in [1.165, 1.54) is 12.4 Å². The van der Waals surface area contributed by atoms with E-state index >= 15 is 4.39 Å². The lowest BCUT2D eigenvalue weighted by Gasteiger charge is -2.42. The number of aromatic nitrogens is 5. The van der Waals surface area contributed by atoms with Gasteiger partial charge in [-0.3, -0.25) is 4.79 Å². The number of hydrogen-bond acceptors (Lipinski definition) is 7. The average molecular weight is 572 g/mol. The zero-order valence-corrected chi connectivity index (χ0v) is 24.9. The van der Waals surface area contributed by atoms with E-state index in [4.69, 9.17) is 9.47 Å². The lowest BCUT2D eigenvalue weighted by atomic mass is 9.92. The van der Waals surface area contributed by atoms with E-state index in [1.54, 1.807) is 33.6 Å². The summed E-state index contributed by atoms with van der Waals surface area (Å²) in [6, 6.07) is 4.35. The van der Waals surface area contributed by atoms with Gasteiger partial charge in [0.1, 0.15) is 29.1 Å². The number of likely N-dealkylation sites (tertiary alicyclic amines) is 1. The Kier molecular flexibility index (Phi) is 9.62. The van der Waals surface area contributed by atoms with Gasteiger partial charge < -0.3 is 28.8 Å². The summed E-state index contributed by atoms with van der Waals surface area (Å²) in [5.41, 5.74) is 0.0798. The number of carbonyl (C=O) groups is 2. The number of imidazole rings is 1. The SMILES string of the molecule is COCCCCn1c(C(=O)N(CC(C)C)[C@H]2C[C@@H](c3nnc[nH]3)CN(C(=O)OC(C)(C)C)C2)nc2cccc(F)c21. The van der Waals surface area contributed by atoms with Crippen LogP contribution in [0.5, 0.6) is 0 Å². The molecule has 0 bridgehead atoms. The molecular weight excluding hydrogens is 529 g/mol. The van der Waals surface area contributed by atoms with Crippen LogP contribution in [0.3, 0.4) is 0 Å². The number of halogens is 1. The number of piperidine rings is 1. The van der Waals surface area contributed by atoms with Crippen molar-refractivity contribution in [2.45, 2.75) is 78.0 Å². The Morgan fingerprint density at radius 3 is 2.66 bits per heavy atom. The van der Waals surface area contributed by atoms with Gasteiger partial charge in [0.15, 0.2) is 5.82 Å². The fourth-order valence-electron chi connectivity index (χ4n) is 5.35. The number of amides is 2. The maximum Gasteiger partial charge on any atom is 0.410 e. The molecule has 0 radical (unpaired) electrons. The lowest BCUT2D eigenvalue weighted by Crippen LogP contribution is -2.55. The van der Waals surface area contributed by atoms with Crippen molar-refractivity contribution in [2.75, 3.05) is 33.4 Å². The highest BCUT2D eigenvalue weighted by Crippen LogP contribution is 2.31. The maximum absolute atomic E-state index is 15.1. The zero-order valence-electron chi connectivity index (χ0n) is 24.9. The highest BCUT2D eigenvalue weighted by molar-refractivity contribution is 5.95. The van der Waals surface area contributed by atoms with E-state index in [0.29, 0.717) is 62.5 Å². The minimum atomic E-state index is -0.670. The van der Waals surface area contributed by atoms with Crippen LogP contribution in [0.1, 0.15) is 76.2 Å². The number of H-pyrrole nitrogens is 1. The second kappa shape index (κ2) is 13.0. The van der Waals surface area contributed by atoms with Crippen molar-refractivity contribution in [1.82, 2.24) is 34.5 Å². The number of nitrogens with one attached hydrogen (secondary N) is 1. The summed E-state index contributed by atoms with van der Waals surface area (Å²) in [4.78, 5) is 38.7. The standard InChI is InChI=1S/C29H42FN7O4/c1-19(2)15-37(21-14-20(25-31-18-32-34-25)16-35(17-21)28(39)41-29(3,4)5)27(38)26-33-23-11-9-10-22(30)24(23)36(26)12-7-8-13-40-6/h9-11,18-21H,7-8,12-17H2,1-6H3,(H,31,32,34)/t20-,21+/m1/s1. The van der Waals surface area contributed by atoms with Crippen LogP contribution in [0.25, 0.3) is 11.0 Å². The Morgan fingerprint density at radius 2 is 2.00 bits per heavy atom. The number of hydrogen-bond donors (Lipinski definition) is 1. The van der Waals surface area contributed by atoms with E-state index in [9.17, 15) is 9.59 Å². The van der Waals surface area contributed by atoms with Crippen LogP contribution in [0.15, 0.2) is 24.5 Å². The van der Waals surface area contributed by atoms with Crippen molar-refractivity contribution in [2.24, 2.45) is 5.92 Å². The summed E-state index contributed by atoms with van der Waals surface area (Å²) in [7, 11) is 1.64. The number of rotatable bonds is 10. The van der Waals surface area contributed by atoms with Crippen molar-refractivity contribution in [1.29, 1.82) is 0 Å². The lowest BCUT2D eigenvalue weighted by molar-refractivity contribution is 0.00581. The van der Waals surface area contributed by atoms with Gasteiger partial charge in [-0.05, 0) is 58.1 Å². The molecule has 2 atom stereocenters. The third kappa shape index (κ3) is 7.41. The van der Waals surface area contributed by atoms with Gasteiger partial charge in [0, 0.05) is 45.8 Å². The first-order valence-corrected chi connectivity index (χ1v) is 14.3. The molecule has 1 aliphatic heterocycles. The Labute approximate surface area is 240 Å². The van der Waals surface area contributed by atoms with Gasteiger partial charge >= 0.3 is 6.09 Å². The summed E-state index contributed by atoms with van der Waals surface area (Å²) in [6.07, 6.45) is 3.09. The molecule has 3 aromatic rings. The second-order valence-corrected chi connectivity index (χ2v) is 12.1. The Morgan fingerprint density at radius 1 is 1.22 bits per heavy atom. The van der Waals surface area contributed by atoms with Crippen molar-refractivity contribution in [3.05, 3.63) is 42.0 Å². The molecule has 4 rings (SSSR count). The normalized spacial score (nSPS) is 17.8. The first-order chi connectivity index (χ1) is 19.5. The number of nitrogens with zero attached hydrogens (tertiary/aromatic N) is 6. The van der Waals surface area contributed by atoms with Gasteiger partial charge in [0.2, 0.25) is 0 Å². The summed E-state index contributed by atoms with van der Waals surface area (Å²) in [5.74, 6) is 0.0672. The largest absolute Gasteiger partial charge is 0.444 e. The van der Waals surface area contributed by atoms with E-state index < -0.39 is 17.5 Å². The van der Waals surface area contributed by atoms with Crippen LogP contribution in [0.4, 0.5) is 9.18 Å². The van der Waals surface area contributed by atoms with E-state index in [0.717, 1.165) is 6.42 Å². The van der Waals surface area contributed by atoms with Crippen molar-refractivity contribution < 1.29 is 23.5 Å². The van der Waals surface area contributed by atoms with E-state index in [2.05, 4.69) is 20.2 Å². The van der Waals surface area contributed by atoms with Crippen LogP contribution in [-0.2, 0) is 16.0 Å². The molecule has 1 N–H and O–H groups in total. The van der Waals surface area contributed by atoms with Crippen LogP contribution in [0, 0.1) is 11.7 Å². The van der Waals surface area contributed by atoms with Crippen LogP contribution in [-0.4, -0.2) is 91.5 Å². The third-order valence-corrected chi connectivity index (χ3v) is 7.05. The van der Waals surface area contributed by atoms with Crippen molar-refractivity contribution >= 4 is 23.0 Å². The fraction of sp³-hybridized carbons (Fsp3) is 0.621. The quantitative estimate of drug-likeness (QED) is 0.353. The smallest absolute Gasteiger partial charge is 0.410 e. The molecule has 0 aliphatic carbocycles. The number of para-hydroxylation sites is 1. The monoisotopic (exact) mass is 571 g/mol. The highest BCUT2D eigenvalue weighted by Gasteiger charge is 2.39. The molecule has 0 spiro atoms. The van der Waals surface area contributed by atoms with Gasteiger partial charge in [0.05, 0.1) is 11.6 Å². The predicted octanol–water partition coefficient (Wildman–Crippen LogP) is 4.61. The molecule has 3 heterocycles. The molecule has 1 saturated heterocycles. The molecule has 0 unspecified atom stereocenters. The predicted molar refractivity (Wildman–Crippen MR) is 152 cm³/mol. The molecule has 1 aromatic carbocycles. The summed E-state index contributed by atoms with van der Waals surface area (Å²) < 4.78 is 27.6. The van der Waals surface area contributed by atoms with Crippen molar-refractivity contribution in [3.63, 3.8) is 0 Å². The summed E-state index contributed by atoms with van der Waals surface area (Å²) in [6.45, 7) is 11.7. The van der Waals surface area contributed by atoms with Crippen molar-refractivity contribution in [3.8, 4) is 0 Å². The number of carbonyl (C=O) groups excluding carboxylic acids is 2. The van der Waals surface area contributed by atoms with Gasteiger partial charge in [-0.1, -0.05) is 19.9 Å². The van der Waals surface area contributed by atoms with Crippen LogP contribution < -0.4 is 0 Å². The molecule has 0 saturated carbocycles. The zero-order chi connectivity index (χ0) is 29.7.